The molecule has 0 fully saturated rings. The Bertz CT molecular complexity index is 1090. The van der Waals surface area contributed by atoms with E-state index in [-0.39, 0.29) is 17.1 Å². The van der Waals surface area contributed by atoms with Gasteiger partial charge in [0.15, 0.2) is 6.61 Å². The van der Waals surface area contributed by atoms with Crippen LogP contribution in [-0.4, -0.2) is 18.5 Å². The zero-order chi connectivity index (χ0) is 21.9. The Kier molecular flexibility index (Phi) is 5.96. The summed E-state index contributed by atoms with van der Waals surface area (Å²) in [7, 11) is 0. The molecule has 0 aliphatic carbocycles. The molecular formula is C22H18F3NO4. The van der Waals surface area contributed by atoms with Crippen molar-refractivity contribution in [2.75, 3.05) is 11.9 Å². The minimum atomic E-state index is -4.49. The Morgan fingerprint density at radius 2 is 1.80 bits per heavy atom. The lowest BCUT2D eigenvalue weighted by atomic mass is 10.1. The number of anilines is 1. The van der Waals surface area contributed by atoms with Crippen molar-refractivity contribution in [2.24, 2.45) is 0 Å². The van der Waals surface area contributed by atoms with Crippen LogP contribution in [0.15, 0.2) is 59.0 Å². The highest BCUT2D eigenvalue weighted by atomic mass is 19.4. The zero-order valence-electron chi connectivity index (χ0n) is 16.2. The summed E-state index contributed by atoms with van der Waals surface area (Å²) < 4.78 is 48.8. The van der Waals surface area contributed by atoms with Gasteiger partial charge in [-0.1, -0.05) is 24.3 Å². The van der Waals surface area contributed by atoms with Gasteiger partial charge in [0.05, 0.1) is 5.56 Å². The van der Waals surface area contributed by atoms with E-state index < -0.39 is 30.2 Å². The van der Waals surface area contributed by atoms with Crippen molar-refractivity contribution in [1.82, 2.24) is 0 Å². The van der Waals surface area contributed by atoms with Gasteiger partial charge in [0, 0.05) is 11.3 Å². The minimum absolute atomic E-state index is 0.0767. The summed E-state index contributed by atoms with van der Waals surface area (Å²) in [5.41, 5.74) is 1.77. The molecule has 0 atom stereocenters. The fourth-order valence-electron chi connectivity index (χ4n) is 2.71. The van der Waals surface area contributed by atoms with E-state index in [9.17, 15) is 22.8 Å². The first-order valence-corrected chi connectivity index (χ1v) is 8.95. The topological polar surface area (TPSA) is 68.5 Å². The molecule has 0 aliphatic rings. The van der Waals surface area contributed by atoms with Gasteiger partial charge < -0.3 is 14.5 Å². The largest absolute Gasteiger partial charge is 0.450 e. The molecule has 30 heavy (non-hydrogen) atoms. The number of rotatable bonds is 5. The molecule has 1 heterocycles. The highest BCUT2D eigenvalue weighted by Gasteiger charge is 2.30. The van der Waals surface area contributed by atoms with Crippen LogP contribution in [0, 0.1) is 13.8 Å². The van der Waals surface area contributed by atoms with Crippen molar-refractivity contribution >= 4 is 17.6 Å². The normalized spacial score (nSPS) is 11.2. The van der Waals surface area contributed by atoms with Gasteiger partial charge in [-0.05, 0) is 55.3 Å². The third-order valence-electron chi connectivity index (χ3n) is 4.28. The number of benzene rings is 2. The Labute approximate surface area is 170 Å². The second-order valence-corrected chi connectivity index (χ2v) is 6.69. The van der Waals surface area contributed by atoms with E-state index in [0.717, 1.165) is 23.3 Å². The lowest BCUT2D eigenvalue weighted by molar-refractivity contribution is -0.137. The number of amides is 1. The van der Waals surface area contributed by atoms with Crippen LogP contribution in [0.4, 0.5) is 18.9 Å². The van der Waals surface area contributed by atoms with E-state index in [1.807, 2.05) is 26.0 Å². The first kappa shape index (κ1) is 21.2. The molecular weight excluding hydrogens is 399 g/mol. The van der Waals surface area contributed by atoms with Gasteiger partial charge in [-0.25, -0.2) is 4.79 Å². The van der Waals surface area contributed by atoms with Crippen LogP contribution >= 0.6 is 0 Å². The Morgan fingerprint density at radius 1 is 1.03 bits per heavy atom. The van der Waals surface area contributed by atoms with E-state index in [0.29, 0.717) is 5.69 Å². The number of carbonyl (C=O) groups is 2. The molecule has 0 saturated carbocycles. The van der Waals surface area contributed by atoms with Crippen molar-refractivity contribution < 1.29 is 31.9 Å². The monoisotopic (exact) mass is 417 g/mol. The molecule has 0 unspecified atom stereocenters. The summed E-state index contributed by atoms with van der Waals surface area (Å²) in [4.78, 5) is 24.2. The molecule has 1 aromatic heterocycles. The number of hydrogen-bond acceptors (Lipinski definition) is 4. The number of aryl methyl sites for hydroxylation is 2. The van der Waals surface area contributed by atoms with Crippen LogP contribution in [0.3, 0.4) is 0 Å². The number of ether oxygens (including phenoxy) is 1. The lowest BCUT2D eigenvalue weighted by Gasteiger charge is -2.09. The van der Waals surface area contributed by atoms with Crippen molar-refractivity contribution in [3.63, 3.8) is 0 Å². The average molecular weight is 417 g/mol. The predicted octanol–water partition coefficient (Wildman–Crippen LogP) is 5.38. The fraction of sp³-hybridized carbons (Fsp3) is 0.182. The summed E-state index contributed by atoms with van der Waals surface area (Å²) >= 11 is 0. The van der Waals surface area contributed by atoms with Gasteiger partial charge in [-0.15, -0.1) is 0 Å². The number of furan rings is 1. The maximum absolute atomic E-state index is 12.9. The maximum Gasteiger partial charge on any atom is 0.416 e. The first-order valence-electron chi connectivity index (χ1n) is 8.95. The quantitative estimate of drug-likeness (QED) is 0.566. The molecule has 156 valence electrons. The van der Waals surface area contributed by atoms with Crippen LogP contribution in [0.25, 0.3) is 11.3 Å². The van der Waals surface area contributed by atoms with E-state index in [1.165, 1.54) is 24.3 Å². The van der Waals surface area contributed by atoms with Gasteiger partial charge in [0.2, 0.25) is 5.76 Å². The number of esters is 1. The van der Waals surface area contributed by atoms with Crippen molar-refractivity contribution in [2.45, 2.75) is 20.0 Å². The maximum atomic E-state index is 12.9. The third kappa shape index (κ3) is 5.08. The van der Waals surface area contributed by atoms with E-state index in [4.69, 9.17) is 9.15 Å². The number of carbonyl (C=O) groups excluding carboxylic acids is 2. The Balaban J connectivity index is 1.63. The fourth-order valence-corrected chi connectivity index (χ4v) is 2.71. The first-order chi connectivity index (χ1) is 14.1. The van der Waals surface area contributed by atoms with Crippen LogP contribution in [0.2, 0.25) is 0 Å². The molecule has 0 aliphatic heterocycles. The summed E-state index contributed by atoms with van der Waals surface area (Å²) in [6, 6.07) is 12.7. The minimum Gasteiger partial charge on any atom is -0.450 e. The third-order valence-corrected chi connectivity index (χ3v) is 4.28. The van der Waals surface area contributed by atoms with Gasteiger partial charge in [0.1, 0.15) is 5.76 Å². The number of alkyl halides is 3. The van der Waals surface area contributed by atoms with Crippen LogP contribution < -0.4 is 5.32 Å². The highest BCUT2D eigenvalue weighted by Crippen LogP contribution is 2.32. The van der Waals surface area contributed by atoms with Crippen LogP contribution in [-0.2, 0) is 15.7 Å². The molecule has 1 amide bonds. The van der Waals surface area contributed by atoms with Crippen molar-refractivity contribution in [3.8, 4) is 11.3 Å². The number of halogens is 3. The molecule has 2 aromatic carbocycles. The number of hydrogen-bond donors (Lipinski definition) is 1. The van der Waals surface area contributed by atoms with E-state index in [2.05, 4.69) is 5.32 Å². The average Bonchev–Trinajstić information content (AvgIpc) is 3.19. The summed E-state index contributed by atoms with van der Waals surface area (Å²) in [6.07, 6.45) is -4.49. The van der Waals surface area contributed by atoms with Crippen molar-refractivity contribution in [1.29, 1.82) is 0 Å². The molecule has 3 aromatic rings. The smallest absolute Gasteiger partial charge is 0.416 e. The zero-order valence-corrected chi connectivity index (χ0v) is 16.2. The van der Waals surface area contributed by atoms with Gasteiger partial charge in [-0.3, -0.25) is 4.79 Å². The SMILES string of the molecule is Cc1ccc(C)c(NC(=O)COC(=O)c2ccc(-c3cccc(C(F)(F)F)c3)o2)c1. The van der Waals surface area contributed by atoms with Gasteiger partial charge in [0.25, 0.3) is 5.91 Å². The van der Waals surface area contributed by atoms with Gasteiger partial charge >= 0.3 is 12.1 Å². The molecule has 0 saturated heterocycles. The molecule has 0 spiro atoms. The van der Waals surface area contributed by atoms with Crippen molar-refractivity contribution in [3.05, 3.63) is 77.0 Å². The van der Waals surface area contributed by atoms with Gasteiger partial charge in [-0.2, -0.15) is 13.2 Å². The molecule has 8 heteroatoms. The Hall–Kier alpha value is -3.55. The van der Waals surface area contributed by atoms with E-state index >= 15 is 0 Å². The lowest BCUT2D eigenvalue weighted by Crippen LogP contribution is -2.21. The van der Waals surface area contributed by atoms with Crippen LogP contribution in [0.1, 0.15) is 27.2 Å². The highest BCUT2D eigenvalue weighted by molar-refractivity contribution is 5.95. The Morgan fingerprint density at radius 3 is 2.53 bits per heavy atom. The predicted molar refractivity (Wildman–Crippen MR) is 104 cm³/mol. The second-order valence-electron chi connectivity index (χ2n) is 6.69. The van der Waals surface area contributed by atoms with E-state index in [1.54, 1.807) is 6.07 Å². The second kappa shape index (κ2) is 8.44. The molecule has 5 nitrogen and oxygen atoms in total. The summed E-state index contributed by atoms with van der Waals surface area (Å²) in [5.74, 6) is -1.57. The molecule has 3 rings (SSSR count). The standard InChI is InChI=1S/C22H18F3NO4/c1-13-6-7-14(2)17(10-13)26-20(27)12-29-21(28)19-9-8-18(30-19)15-4-3-5-16(11-15)22(23,24)25/h3-11H,12H2,1-2H3,(H,26,27). The molecule has 1 N–H and O–H groups in total. The molecule has 0 bridgehead atoms. The number of nitrogens with one attached hydrogen (secondary N) is 1. The molecule has 0 radical (unpaired) electrons. The van der Waals surface area contributed by atoms with Crippen LogP contribution in [0.5, 0.6) is 0 Å². The summed E-state index contributed by atoms with van der Waals surface area (Å²) in [6.45, 7) is 3.18. The summed E-state index contributed by atoms with van der Waals surface area (Å²) in [5, 5.41) is 2.66.